The highest BCUT2D eigenvalue weighted by atomic mass is 16.5. The van der Waals surface area contributed by atoms with Gasteiger partial charge in [0.05, 0.1) is 18.9 Å². The molecule has 0 atom stereocenters. The zero-order valence-corrected chi connectivity index (χ0v) is 12.7. The van der Waals surface area contributed by atoms with Gasteiger partial charge in [0.15, 0.2) is 0 Å². The molecule has 0 aliphatic carbocycles. The van der Waals surface area contributed by atoms with Crippen molar-refractivity contribution in [1.29, 1.82) is 5.41 Å². The van der Waals surface area contributed by atoms with Gasteiger partial charge in [-0.1, -0.05) is 18.2 Å². The van der Waals surface area contributed by atoms with Gasteiger partial charge in [-0.15, -0.1) is 0 Å². The molecule has 1 fully saturated rings. The molecule has 1 aliphatic rings. The van der Waals surface area contributed by atoms with Crippen LogP contribution in [-0.4, -0.2) is 37.0 Å². The van der Waals surface area contributed by atoms with E-state index in [1.54, 1.807) is 6.20 Å². The van der Waals surface area contributed by atoms with Gasteiger partial charge in [0, 0.05) is 36.1 Å². The summed E-state index contributed by atoms with van der Waals surface area (Å²) in [6, 6.07) is 9.58. The Morgan fingerprint density at radius 1 is 1.27 bits per heavy atom. The number of morpholine rings is 1. The summed E-state index contributed by atoms with van der Waals surface area (Å²) in [4.78, 5) is 6.60. The van der Waals surface area contributed by atoms with Gasteiger partial charge in [0.2, 0.25) is 0 Å². The number of hydrogen-bond donors (Lipinski definition) is 2. The summed E-state index contributed by atoms with van der Waals surface area (Å²) < 4.78 is 5.37. The van der Waals surface area contributed by atoms with Crippen LogP contribution in [-0.2, 0) is 4.74 Å². The molecule has 0 amide bonds. The molecule has 2 heterocycles. The number of rotatable bonds is 3. The highest BCUT2D eigenvalue weighted by Gasteiger charge is 2.15. The first-order valence-corrected chi connectivity index (χ1v) is 7.40. The van der Waals surface area contributed by atoms with Crippen molar-refractivity contribution in [2.45, 2.75) is 6.92 Å². The minimum absolute atomic E-state index is 0.429. The number of aryl methyl sites for hydroxylation is 1. The molecule has 0 bridgehead atoms. The molecule has 3 N–H and O–H groups in total. The molecular weight excluding hydrogens is 276 g/mol. The summed E-state index contributed by atoms with van der Waals surface area (Å²) in [5.41, 5.74) is 9.79. The molecule has 114 valence electrons. The van der Waals surface area contributed by atoms with Crippen LogP contribution in [0.15, 0.2) is 36.5 Å². The predicted molar refractivity (Wildman–Crippen MR) is 88.8 cm³/mol. The molecule has 1 aliphatic heterocycles. The third-order valence-corrected chi connectivity index (χ3v) is 3.96. The maximum absolute atomic E-state index is 8.47. The fourth-order valence-electron chi connectivity index (χ4n) is 2.59. The van der Waals surface area contributed by atoms with Crippen LogP contribution in [0.3, 0.4) is 0 Å². The van der Waals surface area contributed by atoms with Crippen molar-refractivity contribution in [2.75, 3.05) is 36.9 Å². The van der Waals surface area contributed by atoms with E-state index in [1.807, 2.05) is 37.3 Å². The molecule has 0 radical (unpaired) electrons. The molecule has 0 unspecified atom stereocenters. The van der Waals surface area contributed by atoms with Crippen LogP contribution in [0.1, 0.15) is 16.7 Å². The second-order valence-corrected chi connectivity index (χ2v) is 5.41. The van der Waals surface area contributed by atoms with E-state index in [2.05, 4.69) is 9.88 Å². The van der Waals surface area contributed by atoms with Gasteiger partial charge in [0.25, 0.3) is 0 Å². The largest absolute Gasteiger partial charge is 0.398 e. The zero-order chi connectivity index (χ0) is 15.5. The fourth-order valence-corrected chi connectivity index (χ4v) is 2.59. The Hall–Kier alpha value is -2.40. The second-order valence-electron chi connectivity index (χ2n) is 5.41. The number of aromatic nitrogens is 1. The molecule has 5 heteroatoms. The number of pyridine rings is 1. The van der Waals surface area contributed by atoms with Crippen LogP contribution in [0.25, 0.3) is 0 Å². The van der Waals surface area contributed by atoms with Crippen LogP contribution in [0, 0.1) is 12.3 Å². The lowest BCUT2D eigenvalue weighted by Gasteiger charge is -2.28. The molecule has 2 aromatic rings. The SMILES string of the molecule is Cc1cccc(C(=N)c2ccnc(N3CCOCC3)c2)c1N. The van der Waals surface area contributed by atoms with E-state index in [0.717, 1.165) is 35.6 Å². The first-order chi connectivity index (χ1) is 10.7. The third kappa shape index (κ3) is 2.80. The molecule has 1 aromatic heterocycles. The van der Waals surface area contributed by atoms with Crippen molar-refractivity contribution in [3.8, 4) is 0 Å². The summed E-state index contributed by atoms with van der Waals surface area (Å²) in [5.74, 6) is 0.886. The van der Waals surface area contributed by atoms with Crippen LogP contribution in [0.5, 0.6) is 0 Å². The Morgan fingerprint density at radius 2 is 2.05 bits per heavy atom. The van der Waals surface area contributed by atoms with Crippen molar-refractivity contribution < 1.29 is 4.74 Å². The van der Waals surface area contributed by atoms with Gasteiger partial charge < -0.3 is 15.4 Å². The molecule has 22 heavy (non-hydrogen) atoms. The number of benzene rings is 1. The normalized spacial score (nSPS) is 14.9. The summed E-state index contributed by atoms with van der Waals surface area (Å²) in [6.45, 7) is 5.05. The topological polar surface area (TPSA) is 75.2 Å². The molecule has 1 saturated heterocycles. The highest BCUT2D eigenvalue weighted by molar-refractivity contribution is 6.14. The first-order valence-electron chi connectivity index (χ1n) is 7.40. The summed E-state index contributed by atoms with van der Waals surface area (Å²) in [7, 11) is 0. The van der Waals surface area contributed by atoms with Gasteiger partial charge in [-0.05, 0) is 24.6 Å². The molecule has 0 saturated carbocycles. The number of ether oxygens (including phenoxy) is 1. The molecule has 3 rings (SSSR count). The van der Waals surface area contributed by atoms with Crippen LogP contribution in [0.4, 0.5) is 11.5 Å². The first kappa shape index (κ1) is 14.5. The van der Waals surface area contributed by atoms with Gasteiger partial charge in [-0.3, -0.25) is 5.41 Å². The van der Waals surface area contributed by atoms with Gasteiger partial charge in [0.1, 0.15) is 5.82 Å². The molecule has 0 spiro atoms. The minimum atomic E-state index is 0.429. The molecule has 1 aromatic carbocycles. The third-order valence-electron chi connectivity index (χ3n) is 3.96. The van der Waals surface area contributed by atoms with E-state index in [4.69, 9.17) is 15.9 Å². The number of nitrogen functional groups attached to an aromatic ring is 1. The number of nitrogens with one attached hydrogen (secondary N) is 1. The molecule has 5 nitrogen and oxygen atoms in total. The van der Waals surface area contributed by atoms with Gasteiger partial charge in [-0.2, -0.15) is 0 Å². The maximum Gasteiger partial charge on any atom is 0.129 e. The van der Waals surface area contributed by atoms with E-state index < -0.39 is 0 Å². The smallest absolute Gasteiger partial charge is 0.129 e. The average molecular weight is 296 g/mol. The number of nitrogens with two attached hydrogens (primary N) is 1. The van der Waals surface area contributed by atoms with Crippen LogP contribution < -0.4 is 10.6 Å². The van der Waals surface area contributed by atoms with Crippen molar-refractivity contribution in [2.24, 2.45) is 0 Å². The highest BCUT2D eigenvalue weighted by Crippen LogP contribution is 2.22. The Balaban J connectivity index is 1.91. The Morgan fingerprint density at radius 3 is 2.82 bits per heavy atom. The fraction of sp³-hybridized carbons (Fsp3) is 0.294. The summed E-state index contributed by atoms with van der Waals surface area (Å²) in [5, 5.41) is 8.47. The number of para-hydroxylation sites is 1. The van der Waals surface area contributed by atoms with Crippen molar-refractivity contribution in [3.05, 3.63) is 53.2 Å². The van der Waals surface area contributed by atoms with E-state index in [1.165, 1.54) is 0 Å². The maximum atomic E-state index is 8.47. The quantitative estimate of drug-likeness (QED) is 0.673. The van der Waals surface area contributed by atoms with Gasteiger partial charge in [-0.25, -0.2) is 4.98 Å². The number of anilines is 2. The molecular formula is C17H20N4O. The van der Waals surface area contributed by atoms with Crippen molar-refractivity contribution in [1.82, 2.24) is 4.98 Å². The lowest BCUT2D eigenvalue weighted by atomic mass is 9.99. The van der Waals surface area contributed by atoms with E-state index >= 15 is 0 Å². The lowest BCUT2D eigenvalue weighted by molar-refractivity contribution is 0.122. The summed E-state index contributed by atoms with van der Waals surface area (Å²) in [6.07, 6.45) is 1.75. The Bertz CT molecular complexity index is 693. The predicted octanol–water partition coefficient (Wildman–Crippen LogP) is 2.22. The Kier molecular flexibility index (Phi) is 4.06. The number of nitrogens with zero attached hydrogens (tertiary/aromatic N) is 2. The minimum Gasteiger partial charge on any atom is -0.398 e. The van der Waals surface area contributed by atoms with Crippen molar-refractivity contribution >= 4 is 17.2 Å². The summed E-state index contributed by atoms with van der Waals surface area (Å²) >= 11 is 0. The monoisotopic (exact) mass is 296 g/mol. The Labute approximate surface area is 130 Å². The average Bonchev–Trinajstić information content (AvgIpc) is 2.58. The van der Waals surface area contributed by atoms with Crippen LogP contribution >= 0.6 is 0 Å². The van der Waals surface area contributed by atoms with Gasteiger partial charge >= 0.3 is 0 Å². The van der Waals surface area contributed by atoms with Crippen molar-refractivity contribution in [3.63, 3.8) is 0 Å². The van der Waals surface area contributed by atoms with E-state index in [-0.39, 0.29) is 0 Å². The van der Waals surface area contributed by atoms with Crippen LogP contribution in [0.2, 0.25) is 0 Å². The zero-order valence-electron chi connectivity index (χ0n) is 12.7. The standard InChI is InChI=1S/C17H20N4O/c1-12-3-2-4-14(16(12)18)17(19)13-5-6-20-15(11-13)21-7-9-22-10-8-21/h2-6,11,19H,7-10,18H2,1H3. The van der Waals surface area contributed by atoms with E-state index in [9.17, 15) is 0 Å². The van der Waals surface area contributed by atoms with E-state index in [0.29, 0.717) is 24.6 Å². The lowest BCUT2D eigenvalue weighted by Crippen LogP contribution is -2.36. The number of hydrogen-bond acceptors (Lipinski definition) is 5. The second kappa shape index (κ2) is 6.15.